The normalized spacial score (nSPS) is 30.2. The second-order valence-electron chi connectivity index (χ2n) is 6.03. The van der Waals surface area contributed by atoms with Gasteiger partial charge in [0.15, 0.2) is 0 Å². The first-order chi connectivity index (χ1) is 9.33. The first kappa shape index (κ1) is 15.6. The van der Waals surface area contributed by atoms with Crippen molar-refractivity contribution < 1.29 is 18.0 Å². The van der Waals surface area contributed by atoms with Crippen molar-refractivity contribution in [1.29, 1.82) is 0 Å². The highest BCUT2D eigenvalue weighted by Crippen LogP contribution is 2.35. The molecule has 1 aliphatic heterocycles. The van der Waals surface area contributed by atoms with E-state index < -0.39 is 18.6 Å². The van der Waals surface area contributed by atoms with E-state index in [0.717, 1.165) is 25.7 Å². The molecule has 6 heteroatoms. The van der Waals surface area contributed by atoms with Crippen LogP contribution in [0.25, 0.3) is 0 Å². The SMILES string of the molecule is CCC1NC(C2CCCC2)N(C(C)CC(F)(F)F)C1=O. The molecule has 1 amide bonds. The van der Waals surface area contributed by atoms with Gasteiger partial charge in [-0.05, 0) is 32.1 Å². The first-order valence-corrected chi connectivity index (χ1v) is 7.48. The standard InChI is InChI=1S/C14H23F3N2O/c1-3-11-13(20)19(9(2)8-14(15,16)17)12(18-11)10-6-4-5-7-10/h9-12,18H,3-8H2,1-2H3. The maximum Gasteiger partial charge on any atom is 0.391 e. The van der Waals surface area contributed by atoms with Crippen LogP contribution in [-0.2, 0) is 4.79 Å². The van der Waals surface area contributed by atoms with Crippen LogP contribution in [0.3, 0.4) is 0 Å². The summed E-state index contributed by atoms with van der Waals surface area (Å²) in [7, 11) is 0. The average Bonchev–Trinajstić information content (AvgIpc) is 2.93. The molecule has 0 bridgehead atoms. The van der Waals surface area contributed by atoms with Gasteiger partial charge in [0.1, 0.15) is 0 Å². The number of hydrogen-bond donors (Lipinski definition) is 1. The molecule has 0 spiro atoms. The van der Waals surface area contributed by atoms with Gasteiger partial charge in [-0.3, -0.25) is 10.1 Å². The van der Waals surface area contributed by atoms with E-state index in [0.29, 0.717) is 12.3 Å². The molecule has 0 aromatic rings. The molecule has 3 nitrogen and oxygen atoms in total. The molecule has 0 radical (unpaired) electrons. The Morgan fingerprint density at radius 2 is 1.95 bits per heavy atom. The number of amides is 1. The lowest BCUT2D eigenvalue weighted by atomic mass is 10.0. The summed E-state index contributed by atoms with van der Waals surface area (Å²) in [5.41, 5.74) is 0. The highest BCUT2D eigenvalue weighted by Gasteiger charge is 2.46. The van der Waals surface area contributed by atoms with E-state index in [2.05, 4.69) is 5.32 Å². The van der Waals surface area contributed by atoms with E-state index in [9.17, 15) is 18.0 Å². The molecule has 2 fully saturated rings. The van der Waals surface area contributed by atoms with Crippen LogP contribution >= 0.6 is 0 Å². The Labute approximate surface area is 117 Å². The third-order valence-corrected chi connectivity index (χ3v) is 4.48. The second kappa shape index (κ2) is 5.92. The highest BCUT2D eigenvalue weighted by atomic mass is 19.4. The molecule has 1 saturated heterocycles. The molecule has 116 valence electrons. The van der Waals surface area contributed by atoms with Crippen LogP contribution in [0.5, 0.6) is 0 Å². The fourth-order valence-electron chi connectivity index (χ4n) is 3.53. The van der Waals surface area contributed by atoms with Gasteiger partial charge in [-0.2, -0.15) is 13.2 Å². The summed E-state index contributed by atoms with van der Waals surface area (Å²) >= 11 is 0. The van der Waals surface area contributed by atoms with Gasteiger partial charge in [0, 0.05) is 6.04 Å². The van der Waals surface area contributed by atoms with Crippen LogP contribution < -0.4 is 5.32 Å². The number of halogens is 3. The van der Waals surface area contributed by atoms with Gasteiger partial charge >= 0.3 is 6.18 Å². The summed E-state index contributed by atoms with van der Waals surface area (Å²) in [5.74, 6) is 0.132. The van der Waals surface area contributed by atoms with Crippen molar-refractivity contribution in [3.63, 3.8) is 0 Å². The summed E-state index contributed by atoms with van der Waals surface area (Å²) in [6.07, 6.45) is -0.549. The van der Waals surface area contributed by atoms with Crippen LogP contribution in [0.2, 0.25) is 0 Å². The van der Waals surface area contributed by atoms with Crippen LogP contribution in [0.15, 0.2) is 0 Å². The van der Waals surface area contributed by atoms with E-state index in [1.54, 1.807) is 0 Å². The Bertz CT molecular complexity index is 353. The van der Waals surface area contributed by atoms with Crippen LogP contribution in [-0.4, -0.2) is 35.2 Å². The van der Waals surface area contributed by atoms with E-state index in [-0.39, 0.29) is 18.1 Å². The largest absolute Gasteiger partial charge is 0.391 e. The van der Waals surface area contributed by atoms with Crippen molar-refractivity contribution in [3.8, 4) is 0 Å². The van der Waals surface area contributed by atoms with Crippen molar-refractivity contribution in [2.24, 2.45) is 5.92 Å². The molecule has 2 rings (SSSR count). The fraction of sp³-hybridized carbons (Fsp3) is 0.929. The van der Waals surface area contributed by atoms with Crippen molar-refractivity contribution in [3.05, 3.63) is 0 Å². The zero-order valence-corrected chi connectivity index (χ0v) is 12.0. The molecule has 0 aromatic heterocycles. The minimum atomic E-state index is -4.23. The summed E-state index contributed by atoms with van der Waals surface area (Å²) in [5, 5.41) is 3.26. The molecular formula is C14H23F3N2O. The van der Waals surface area contributed by atoms with Crippen LogP contribution in [0, 0.1) is 5.92 Å². The molecule has 3 atom stereocenters. The van der Waals surface area contributed by atoms with Crippen molar-refractivity contribution >= 4 is 5.91 Å². The van der Waals surface area contributed by atoms with Gasteiger partial charge in [-0.15, -0.1) is 0 Å². The van der Waals surface area contributed by atoms with Crippen molar-refractivity contribution in [1.82, 2.24) is 10.2 Å². The number of nitrogens with one attached hydrogen (secondary N) is 1. The lowest BCUT2D eigenvalue weighted by Crippen LogP contribution is -2.48. The number of carbonyl (C=O) groups is 1. The molecule has 1 aliphatic carbocycles. The van der Waals surface area contributed by atoms with Crippen molar-refractivity contribution in [2.45, 2.75) is 76.8 Å². The quantitative estimate of drug-likeness (QED) is 0.863. The maximum absolute atomic E-state index is 12.6. The highest BCUT2D eigenvalue weighted by molar-refractivity contribution is 5.84. The lowest BCUT2D eigenvalue weighted by Gasteiger charge is -2.34. The summed E-state index contributed by atoms with van der Waals surface area (Å²) in [4.78, 5) is 13.8. The van der Waals surface area contributed by atoms with Crippen LogP contribution in [0.1, 0.15) is 52.4 Å². The van der Waals surface area contributed by atoms with Gasteiger partial charge in [0.25, 0.3) is 0 Å². The molecular weight excluding hydrogens is 269 g/mol. The summed E-state index contributed by atoms with van der Waals surface area (Å²) < 4.78 is 37.8. The number of hydrogen-bond acceptors (Lipinski definition) is 2. The van der Waals surface area contributed by atoms with Gasteiger partial charge in [0.2, 0.25) is 5.91 Å². The third kappa shape index (κ3) is 3.27. The predicted octanol–water partition coefficient (Wildman–Crippen LogP) is 3.05. The zero-order chi connectivity index (χ0) is 14.9. The van der Waals surface area contributed by atoms with Gasteiger partial charge in [-0.1, -0.05) is 19.8 Å². The van der Waals surface area contributed by atoms with E-state index >= 15 is 0 Å². The number of carbonyl (C=O) groups excluding carboxylic acids is 1. The van der Waals surface area contributed by atoms with Gasteiger partial charge < -0.3 is 4.90 Å². The fourth-order valence-corrected chi connectivity index (χ4v) is 3.53. The molecule has 2 aliphatic rings. The Morgan fingerprint density at radius 1 is 1.35 bits per heavy atom. The molecule has 20 heavy (non-hydrogen) atoms. The second-order valence-corrected chi connectivity index (χ2v) is 6.03. The van der Waals surface area contributed by atoms with Gasteiger partial charge in [0.05, 0.1) is 18.6 Å². The molecule has 1 N–H and O–H groups in total. The maximum atomic E-state index is 12.6. The predicted molar refractivity (Wildman–Crippen MR) is 69.9 cm³/mol. The Hall–Kier alpha value is -0.780. The minimum Gasteiger partial charge on any atom is -0.322 e. The summed E-state index contributed by atoms with van der Waals surface area (Å²) in [6.45, 7) is 3.40. The van der Waals surface area contributed by atoms with E-state index in [4.69, 9.17) is 0 Å². The number of alkyl halides is 3. The molecule has 0 aromatic carbocycles. The number of rotatable bonds is 4. The molecule has 1 saturated carbocycles. The number of nitrogens with zero attached hydrogens (tertiary/aromatic N) is 1. The lowest BCUT2D eigenvalue weighted by molar-refractivity contribution is -0.154. The summed E-state index contributed by atoms with van der Waals surface area (Å²) in [6, 6.07) is -1.12. The van der Waals surface area contributed by atoms with Gasteiger partial charge in [-0.25, -0.2) is 0 Å². The Balaban J connectivity index is 2.13. The Morgan fingerprint density at radius 3 is 2.45 bits per heavy atom. The minimum absolute atomic E-state index is 0.166. The topological polar surface area (TPSA) is 32.3 Å². The molecule has 1 heterocycles. The zero-order valence-electron chi connectivity index (χ0n) is 12.0. The van der Waals surface area contributed by atoms with Crippen molar-refractivity contribution in [2.75, 3.05) is 0 Å². The van der Waals surface area contributed by atoms with E-state index in [1.807, 2.05) is 6.92 Å². The van der Waals surface area contributed by atoms with E-state index in [1.165, 1.54) is 11.8 Å². The average molecular weight is 292 g/mol. The smallest absolute Gasteiger partial charge is 0.322 e. The van der Waals surface area contributed by atoms with Crippen LogP contribution in [0.4, 0.5) is 13.2 Å². The first-order valence-electron chi connectivity index (χ1n) is 7.48. The monoisotopic (exact) mass is 292 g/mol. The third-order valence-electron chi connectivity index (χ3n) is 4.48. The molecule has 3 unspecified atom stereocenters. The Kier molecular flexibility index (Phi) is 4.62.